The molecule has 1 fully saturated rings. The standard InChI is InChI=1S/C43H49F3N2O/c1-2-3-6-12-34-18-20-39(21-19-34)33-48(28-11-17-35-22-24-40(25-23-35)43(44,45)46)41(32-37-15-9-5-10-16-37)42(49)47-29-26-38(27-30-47)31-36-13-7-4-8-14-36/h4-5,7-11,13-16,18-25,28,38,41H,2-3,6,12,17,26-27,29-33H2,1H3/t41-/m0/s1. The first kappa shape index (κ1) is 36.0. The van der Waals surface area contributed by atoms with E-state index in [0.717, 1.165) is 67.6 Å². The van der Waals surface area contributed by atoms with Crippen molar-refractivity contribution in [3.8, 4) is 0 Å². The SMILES string of the molecule is CCCCCc1ccc(CN(C=CCc2ccc(C(F)(F)F)cc2)[C@@H](Cc2ccccc2)C(=O)N2CCC(Cc3ccccc3)CC2)cc1. The number of allylic oxidation sites excluding steroid dienone is 1. The predicted molar refractivity (Wildman–Crippen MR) is 193 cm³/mol. The fourth-order valence-electron chi connectivity index (χ4n) is 6.72. The third-order valence-corrected chi connectivity index (χ3v) is 9.64. The topological polar surface area (TPSA) is 23.6 Å². The smallest absolute Gasteiger partial charge is 0.361 e. The summed E-state index contributed by atoms with van der Waals surface area (Å²) in [7, 11) is 0. The summed E-state index contributed by atoms with van der Waals surface area (Å²) in [4.78, 5) is 18.7. The highest BCUT2D eigenvalue weighted by Crippen LogP contribution is 2.29. The minimum Gasteiger partial charge on any atom is -0.361 e. The quantitative estimate of drug-likeness (QED) is 0.118. The van der Waals surface area contributed by atoms with Crippen LogP contribution in [0.2, 0.25) is 0 Å². The van der Waals surface area contributed by atoms with Crippen molar-refractivity contribution in [2.24, 2.45) is 5.92 Å². The van der Waals surface area contributed by atoms with Crippen LogP contribution in [0.1, 0.15) is 72.4 Å². The van der Waals surface area contributed by atoms with Crippen molar-refractivity contribution >= 4 is 5.91 Å². The molecular weight excluding hydrogens is 617 g/mol. The maximum atomic E-state index is 14.5. The summed E-state index contributed by atoms with van der Waals surface area (Å²) in [5, 5.41) is 0. The molecule has 6 heteroatoms. The van der Waals surface area contributed by atoms with Crippen molar-refractivity contribution < 1.29 is 18.0 Å². The molecule has 49 heavy (non-hydrogen) atoms. The van der Waals surface area contributed by atoms with Gasteiger partial charge in [0.15, 0.2) is 0 Å². The fraction of sp³-hybridized carbons (Fsp3) is 0.372. The molecule has 0 N–H and O–H groups in total. The number of hydrogen-bond donors (Lipinski definition) is 0. The number of likely N-dealkylation sites (tertiary alicyclic amines) is 1. The van der Waals surface area contributed by atoms with Gasteiger partial charge in [-0.05, 0) is 90.6 Å². The van der Waals surface area contributed by atoms with Gasteiger partial charge in [0.2, 0.25) is 5.91 Å². The molecular formula is C43H49F3N2O. The second kappa shape index (κ2) is 17.9. The number of nitrogens with zero attached hydrogens (tertiary/aromatic N) is 2. The second-order valence-corrected chi connectivity index (χ2v) is 13.4. The van der Waals surface area contributed by atoms with E-state index < -0.39 is 17.8 Å². The lowest BCUT2D eigenvalue weighted by Crippen LogP contribution is -2.50. The average molecular weight is 667 g/mol. The van der Waals surface area contributed by atoms with Gasteiger partial charge in [-0.3, -0.25) is 4.79 Å². The van der Waals surface area contributed by atoms with Crippen molar-refractivity contribution in [3.05, 3.63) is 155 Å². The molecule has 258 valence electrons. The average Bonchev–Trinajstić information content (AvgIpc) is 3.12. The zero-order chi connectivity index (χ0) is 34.5. The Balaban J connectivity index is 1.36. The molecule has 0 unspecified atom stereocenters. The van der Waals surface area contributed by atoms with Crippen LogP contribution >= 0.6 is 0 Å². The number of alkyl halides is 3. The Labute approximate surface area is 290 Å². The molecule has 5 rings (SSSR count). The van der Waals surface area contributed by atoms with Crippen LogP contribution in [-0.4, -0.2) is 34.8 Å². The highest BCUT2D eigenvalue weighted by Gasteiger charge is 2.32. The van der Waals surface area contributed by atoms with Gasteiger partial charge < -0.3 is 9.80 Å². The number of unbranched alkanes of at least 4 members (excludes halogenated alkanes) is 2. The number of piperidine rings is 1. The molecule has 1 aliphatic heterocycles. The molecule has 1 saturated heterocycles. The first-order valence-electron chi connectivity index (χ1n) is 17.8. The summed E-state index contributed by atoms with van der Waals surface area (Å²) in [6, 6.07) is 34.3. The van der Waals surface area contributed by atoms with Crippen LogP contribution in [0, 0.1) is 5.92 Å². The van der Waals surface area contributed by atoms with Crippen LogP contribution in [-0.2, 0) is 43.2 Å². The van der Waals surface area contributed by atoms with Crippen LogP contribution in [0.5, 0.6) is 0 Å². The largest absolute Gasteiger partial charge is 0.416 e. The zero-order valence-corrected chi connectivity index (χ0v) is 28.6. The van der Waals surface area contributed by atoms with Crippen molar-refractivity contribution in [3.63, 3.8) is 0 Å². The number of carbonyl (C=O) groups excluding carboxylic acids is 1. The van der Waals surface area contributed by atoms with Crippen LogP contribution < -0.4 is 0 Å². The van der Waals surface area contributed by atoms with Crippen molar-refractivity contribution in [1.82, 2.24) is 9.80 Å². The summed E-state index contributed by atoms with van der Waals surface area (Å²) in [5.41, 5.74) is 5.00. The molecule has 0 saturated carbocycles. The van der Waals surface area contributed by atoms with Crippen LogP contribution in [0.4, 0.5) is 13.2 Å². The van der Waals surface area contributed by atoms with Gasteiger partial charge in [-0.25, -0.2) is 0 Å². The molecule has 4 aromatic rings. The van der Waals surface area contributed by atoms with Crippen LogP contribution in [0.25, 0.3) is 0 Å². The third kappa shape index (κ3) is 11.1. The van der Waals surface area contributed by atoms with Gasteiger partial charge in [0, 0.05) is 26.1 Å². The lowest BCUT2D eigenvalue weighted by atomic mass is 9.89. The van der Waals surface area contributed by atoms with Crippen molar-refractivity contribution in [2.45, 2.75) is 83.5 Å². The molecule has 0 aliphatic carbocycles. The Kier molecular flexibility index (Phi) is 13.1. The maximum Gasteiger partial charge on any atom is 0.416 e. The highest BCUT2D eigenvalue weighted by molar-refractivity contribution is 5.82. The van der Waals surface area contributed by atoms with Gasteiger partial charge in [-0.15, -0.1) is 0 Å². The molecule has 1 atom stereocenters. The van der Waals surface area contributed by atoms with E-state index in [-0.39, 0.29) is 5.91 Å². The number of carbonyl (C=O) groups is 1. The van der Waals surface area contributed by atoms with E-state index in [4.69, 9.17) is 0 Å². The van der Waals surface area contributed by atoms with Gasteiger partial charge >= 0.3 is 6.18 Å². The molecule has 0 radical (unpaired) electrons. The normalized spacial score (nSPS) is 14.7. The number of rotatable bonds is 15. The number of hydrogen-bond acceptors (Lipinski definition) is 2. The Morgan fingerprint density at radius 3 is 1.98 bits per heavy atom. The highest BCUT2D eigenvalue weighted by atomic mass is 19.4. The van der Waals surface area contributed by atoms with Gasteiger partial charge in [0.05, 0.1) is 5.56 Å². The van der Waals surface area contributed by atoms with Crippen molar-refractivity contribution in [1.29, 1.82) is 0 Å². The second-order valence-electron chi connectivity index (χ2n) is 13.4. The molecule has 0 spiro atoms. The molecule has 1 amide bonds. The maximum absolute atomic E-state index is 14.5. The summed E-state index contributed by atoms with van der Waals surface area (Å²) in [6.45, 7) is 4.23. The van der Waals surface area contributed by atoms with E-state index in [1.54, 1.807) is 0 Å². The Bertz CT molecular complexity index is 1580. The van der Waals surface area contributed by atoms with E-state index in [0.29, 0.717) is 25.3 Å². The Morgan fingerprint density at radius 2 is 1.37 bits per heavy atom. The first-order chi connectivity index (χ1) is 23.8. The van der Waals surface area contributed by atoms with E-state index in [2.05, 4.69) is 72.5 Å². The van der Waals surface area contributed by atoms with E-state index in [1.165, 1.54) is 42.5 Å². The van der Waals surface area contributed by atoms with Gasteiger partial charge in [-0.1, -0.05) is 123 Å². The zero-order valence-electron chi connectivity index (χ0n) is 28.6. The molecule has 0 aromatic heterocycles. The Hall–Kier alpha value is -4.32. The van der Waals surface area contributed by atoms with Gasteiger partial charge in [0.1, 0.15) is 6.04 Å². The number of benzene rings is 4. The number of amides is 1. The number of halogens is 3. The molecule has 1 aliphatic rings. The predicted octanol–water partition coefficient (Wildman–Crippen LogP) is 10.1. The summed E-state index contributed by atoms with van der Waals surface area (Å²) in [6.07, 6.45) is 8.22. The lowest BCUT2D eigenvalue weighted by Gasteiger charge is -2.38. The monoisotopic (exact) mass is 666 g/mol. The van der Waals surface area contributed by atoms with Crippen LogP contribution in [0.3, 0.4) is 0 Å². The lowest BCUT2D eigenvalue weighted by molar-refractivity contribution is -0.138. The minimum atomic E-state index is -4.36. The fourth-order valence-corrected chi connectivity index (χ4v) is 6.72. The molecule has 0 bridgehead atoms. The molecule has 4 aromatic carbocycles. The van der Waals surface area contributed by atoms with Gasteiger partial charge in [-0.2, -0.15) is 13.2 Å². The molecule has 3 nitrogen and oxygen atoms in total. The van der Waals surface area contributed by atoms with Crippen LogP contribution in [0.15, 0.2) is 121 Å². The molecule has 1 heterocycles. The van der Waals surface area contributed by atoms with Gasteiger partial charge in [0.25, 0.3) is 0 Å². The summed E-state index contributed by atoms with van der Waals surface area (Å²) >= 11 is 0. The summed E-state index contributed by atoms with van der Waals surface area (Å²) < 4.78 is 39.4. The van der Waals surface area contributed by atoms with E-state index >= 15 is 0 Å². The van der Waals surface area contributed by atoms with E-state index in [9.17, 15) is 18.0 Å². The summed E-state index contributed by atoms with van der Waals surface area (Å²) in [5.74, 6) is 0.673. The Morgan fingerprint density at radius 1 is 0.776 bits per heavy atom. The minimum absolute atomic E-state index is 0.123. The first-order valence-corrected chi connectivity index (χ1v) is 17.8. The number of aryl methyl sites for hydroxylation is 1. The van der Waals surface area contributed by atoms with E-state index in [1.807, 2.05) is 41.4 Å². The third-order valence-electron chi connectivity index (χ3n) is 9.64. The van der Waals surface area contributed by atoms with Crippen molar-refractivity contribution in [2.75, 3.05) is 13.1 Å².